The van der Waals surface area contributed by atoms with Crippen LogP contribution in [0.5, 0.6) is 0 Å². The first kappa shape index (κ1) is 15.4. The van der Waals surface area contributed by atoms with Gasteiger partial charge in [0.15, 0.2) is 0 Å². The Hall–Kier alpha value is -0.570. The number of hydrogen-bond acceptors (Lipinski definition) is 3. The van der Waals surface area contributed by atoms with Gasteiger partial charge in [0.1, 0.15) is 5.60 Å². The molecule has 0 fully saturated rings. The van der Waals surface area contributed by atoms with Crippen LogP contribution in [0.1, 0.15) is 48.0 Å². The average Bonchev–Trinajstić information content (AvgIpc) is 1.94. The molecule has 0 N–H and O–H groups in total. The van der Waals surface area contributed by atoms with Crippen molar-refractivity contribution in [1.82, 2.24) is 4.90 Å². The highest BCUT2D eigenvalue weighted by Crippen LogP contribution is 2.14. The third-order valence-electron chi connectivity index (χ3n) is 1.86. The lowest BCUT2D eigenvalue weighted by molar-refractivity contribution is -0.155. The van der Waals surface area contributed by atoms with Crippen molar-refractivity contribution >= 4 is 5.97 Å². The van der Waals surface area contributed by atoms with Crippen molar-refractivity contribution in [3.05, 3.63) is 0 Å². The zero-order valence-electron chi connectivity index (χ0n) is 11.9. The van der Waals surface area contributed by atoms with Crippen LogP contribution < -0.4 is 0 Å². The third-order valence-corrected chi connectivity index (χ3v) is 1.86. The Kier molecular flexibility index (Phi) is 5.47. The normalized spacial score (nSPS) is 13.0. The summed E-state index contributed by atoms with van der Waals surface area (Å²) < 4.78 is 5.25. The number of hydrogen-bond donors (Lipinski definition) is 0. The number of ether oxygens (including phenoxy) is 1. The molecule has 3 nitrogen and oxygen atoms in total. The van der Waals surface area contributed by atoms with Gasteiger partial charge in [-0.1, -0.05) is 20.8 Å². The standard InChI is InChI=1S/C13H27NO2/c1-12(2,3)10-14(7)9-8-11(15)16-13(4,5)6/h8-10H2,1-7H3. The van der Waals surface area contributed by atoms with E-state index in [-0.39, 0.29) is 17.0 Å². The summed E-state index contributed by atoms with van der Waals surface area (Å²) in [4.78, 5) is 13.7. The van der Waals surface area contributed by atoms with E-state index < -0.39 is 0 Å². The second kappa shape index (κ2) is 5.67. The maximum absolute atomic E-state index is 11.5. The second-order valence-corrected chi connectivity index (χ2v) is 6.63. The molecule has 0 radical (unpaired) electrons. The quantitative estimate of drug-likeness (QED) is 0.694. The highest BCUT2D eigenvalue weighted by molar-refractivity contribution is 5.70. The minimum absolute atomic E-state index is 0.117. The van der Waals surface area contributed by atoms with Crippen molar-refractivity contribution in [3.63, 3.8) is 0 Å². The van der Waals surface area contributed by atoms with E-state index in [1.54, 1.807) is 0 Å². The molecule has 0 aromatic carbocycles. The molecule has 0 saturated carbocycles. The topological polar surface area (TPSA) is 29.5 Å². The van der Waals surface area contributed by atoms with Crippen LogP contribution in [-0.2, 0) is 9.53 Å². The number of rotatable bonds is 4. The van der Waals surface area contributed by atoms with Crippen LogP contribution in [0.15, 0.2) is 0 Å². The zero-order valence-corrected chi connectivity index (χ0v) is 11.9. The van der Waals surface area contributed by atoms with Crippen LogP contribution in [0.4, 0.5) is 0 Å². The predicted octanol–water partition coefficient (Wildman–Crippen LogP) is 2.70. The molecule has 16 heavy (non-hydrogen) atoms. The molecule has 0 aliphatic heterocycles. The fourth-order valence-electron chi connectivity index (χ4n) is 1.56. The maximum Gasteiger partial charge on any atom is 0.307 e. The van der Waals surface area contributed by atoms with E-state index in [0.717, 1.165) is 13.1 Å². The van der Waals surface area contributed by atoms with E-state index in [1.807, 2.05) is 27.8 Å². The zero-order chi connectivity index (χ0) is 13.0. The van der Waals surface area contributed by atoms with Gasteiger partial charge in [-0.05, 0) is 33.2 Å². The summed E-state index contributed by atoms with van der Waals surface area (Å²) in [7, 11) is 2.04. The Labute approximate surface area is 100 Å². The van der Waals surface area contributed by atoms with Crippen LogP contribution in [0.25, 0.3) is 0 Å². The molecule has 0 aromatic heterocycles. The molecule has 0 rings (SSSR count). The molecular weight excluding hydrogens is 202 g/mol. The molecule has 0 bridgehead atoms. The minimum atomic E-state index is -0.375. The van der Waals surface area contributed by atoms with Crippen molar-refractivity contribution in [1.29, 1.82) is 0 Å². The minimum Gasteiger partial charge on any atom is -0.460 e. The Bertz CT molecular complexity index is 223. The first-order valence-electron chi connectivity index (χ1n) is 5.90. The Balaban J connectivity index is 3.85. The molecule has 0 aliphatic carbocycles. The summed E-state index contributed by atoms with van der Waals surface area (Å²) in [6.45, 7) is 14.0. The average molecular weight is 229 g/mol. The van der Waals surface area contributed by atoms with Gasteiger partial charge in [-0.3, -0.25) is 4.79 Å². The lowest BCUT2D eigenvalue weighted by atomic mass is 9.96. The number of carbonyl (C=O) groups excluding carboxylic acids is 1. The van der Waals surface area contributed by atoms with Crippen LogP contribution in [0, 0.1) is 5.41 Å². The molecule has 0 unspecified atom stereocenters. The van der Waals surface area contributed by atoms with Gasteiger partial charge in [0.05, 0.1) is 6.42 Å². The van der Waals surface area contributed by atoms with Gasteiger partial charge < -0.3 is 9.64 Å². The van der Waals surface area contributed by atoms with Gasteiger partial charge in [-0.2, -0.15) is 0 Å². The molecule has 0 atom stereocenters. The molecule has 0 saturated heterocycles. The van der Waals surface area contributed by atoms with Crippen molar-refractivity contribution in [2.75, 3.05) is 20.1 Å². The van der Waals surface area contributed by atoms with E-state index in [2.05, 4.69) is 25.7 Å². The molecule has 0 amide bonds. The highest BCUT2D eigenvalue weighted by Gasteiger charge is 2.18. The van der Waals surface area contributed by atoms with E-state index in [1.165, 1.54) is 0 Å². The first-order chi connectivity index (χ1) is 6.99. The van der Waals surface area contributed by atoms with E-state index >= 15 is 0 Å². The Morgan fingerprint density at radius 1 is 1.12 bits per heavy atom. The largest absolute Gasteiger partial charge is 0.460 e. The van der Waals surface area contributed by atoms with Gasteiger partial charge in [0, 0.05) is 13.1 Å². The van der Waals surface area contributed by atoms with E-state index in [9.17, 15) is 4.79 Å². The van der Waals surface area contributed by atoms with Crippen LogP contribution >= 0.6 is 0 Å². The lowest BCUT2D eigenvalue weighted by Gasteiger charge is -2.26. The monoisotopic (exact) mass is 229 g/mol. The molecule has 0 spiro atoms. The van der Waals surface area contributed by atoms with Gasteiger partial charge in [-0.25, -0.2) is 0 Å². The highest BCUT2D eigenvalue weighted by atomic mass is 16.6. The smallest absolute Gasteiger partial charge is 0.307 e. The summed E-state index contributed by atoms with van der Waals surface area (Å²) in [6, 6.07) is 0. The molecule has 0 aliphatic rings. The first-order valence-corrected chi connectivity index (χ1v) is 5.90. The van der Waals surface area contributed by atoms with Gasteiger partial charge in [-0.15, -0.1) is 0 Å². The van der Waals surface area contributed by atoms with Gasteiger partial charge >= 0.3 is 5.97 Å². The van der Waals surface area contributed by atoms with E-state index in [4.69, 9.17) is 4.74 Å². The van der Waals surface area contributed by atoms with Crippen LogP contribution in [0.2, 0.25) is 0 Å². The molecule has 3 heteroatoms. The number of esters is 1. The van der Waals surface area contributed by atoms with E-state index in [0.29, 0.717) is 6.42 Å². The summed E-state index contributed by atoms with van der Waals surface area (Å²) in [6.07, 6.45) is 0.462. The molecule has 96 valence electrons. The molecule has 0 aromatic rings. The maximum atomic E-state index is 11.5. The van der Waals surface area contributed by atoms with Crippen molar-refractivity contribution in [2.45, 2.75) is 53.6 Å². The Morgan fingerprint density at radius 2 is 1.62 bits per heavy atom. The second-order valence-electron chi connectivity index (χ2n) is 6.63. The summed E-state index contributed by atoms with van der Waals surface area (Å²) in [5.74, 6) is -0.117. The Morgan fingerprint density at radius 3 is 2.00 bits per heavy atom. The number of nitrogens with zero attached hydrogens (tertiary/aromatic N) is 1. The van der Waals surface area contributed by atoms with Crippen molar-refractivity contribution in [2.24, 2.45) is 5.41 Å². The molecule has 0 heterocycles. The van der Waals surface area contributed by atoms with Crippen molar-refractivity contribution in [3.8, 4) is 0 Å². The number of carbonyl (C=O) groups is 1. The van der Waals surface area contributed by atoms with Gasteiger partial charge in [0.2, 0.25) is 0 Å². The lowest BCUT2D eigenvalue weighted by Crippen LogP contribution is -2.32. The third kappa shape index (κ3) is 9.97. The summed E-state index contributed by atoms with van der Waals surface area (Å²) >= 11 is 0. The summed E-state index contributed by atoms with van der Waals surface area (Å²) in [5, 5.41) is 0. The van der Waals surface area contributed by atoms with Crippen molar-refractivity contribution < 1.29 is 9.53 Å². The summed E-state index contributed by atoms with van der Waals surface area (Å²) in [5.41, 5.74) is -0.109. The fourth-order valence-corrected chi connectivity index (χ4v) is 1.56. The van der Waals surface area contributed by atoms with Crippen LogP contribution in [-0.4, -0.2) is 36.6 Å². The predicted molar refractivity (Wildman–Crippen MR) is 67.4 cm³/mol. The SMILES string of the molecule is CN(CCC(=O)OC(C)(C)C)CC(C)(C)C. The van der Waals surface area contributed by atoms with Crippen LogP contribution in [0.3, 0.4) is 0 Å². The van der Waals surface area contributed by atoms with Gasteiger partial charge in [0.25, 0.3) is 0 Å². The molecular formula is C13H27NO2. The fraction of sp³-hybridized carbons (Fsp3) is 0.923.